The molecule has 1 aliphatic heterocycles. The summed E-state index contributed by atoms with van der Waals surface area (Å²) in [6.45, 7) is 4.78. The van der Waals surface area contributed by atoms with Crippen molar-refractivity contribution < 1.29 is 13.9 Å². The zero-order valence-corrected chi connectivity index (χ0v) is 18.0. The van der Waals surface area contributed by atoms with Crippen molar-refractivity contribution in [2.45, 2.75) is 26.1 Å². The summed E-state index contributed by atoms with van der Waals surface area (Å²) in [4.78, 5) is 15.2. The summed E-state index contributed by atoms with van der Waals surface area (Å²) in [7, 11) is 0. The number of amides is 1. The molecule has 2 unspecified atom stereocenters. The van der Waals surface area contributed by atoms with E-state index in [-0.39, 0.29) is 18.1 Å². The third-order valence-corrected chi connectivity index (χ3v) is 5.67. The van der Waals surface area contributed by atoms with Crippen molar-refractivity contribution in [1.82, 2.24) is 14.7 Å². The van der Waals surface area contributed by atoms with Gasteiger partial charge in [-0.1, -0.05) is 35.3 Å². The number of morpholine rings is 1. The topological polar surface area (TPSA) is 47.4 Å². The normalized spacial score (nSPS) is 19.2. The van der Waals surface area contributed by atoms with Gasteiger partial charge in [0.25, 0.3) is 5.91 Å². The van der Waals surface area contributed by atoms with Gasteiger partial charge in [0.05, 0.1) is 33.6 Å². The fourth-order valence-corrected chi connectivity index (χ4v) is 3.95. The summed E-state index contributed by atoms with van der Waals surface area (Å²) in [6.07, 6.45) is -0.157. The summed E-state index contributed by atoms with van der Waals surface area (Å²) in [6, 6.07) is 12.9. The maximum atomic E-state index is 14.4. The summed E-state index contributed by atoms with van der Waals surface area (Å²) in [5.74, 6) is -0.623. The van der Waals surface area contributed by atoms with Gasteiger partial charge in [-0.2, -0.15) is 5.10 Å². The number of aromatic nitrogens is 2. The van der Waals surface area contributed by atoms with Crippen LogP contribution in [0.2, 0.25) is 10.0 Å². The summed E-state index contributed by atoms with van der Waals surface area (Å²) >= 11 is 12.2. The molecule has 3 aromatic rings. The van der Waals surface area contributed by atoms with Crippen molar-refractivity contribution in [3.05, 3.63) is 70.1 Å². The quantitative estimate of drug-likeness (QED) is 0.551. The van der Waals surface area contributed by atoms with Crippen LogP contribution in [0.1, 0.15) is 24.3 Å². The van der Waals surface area contributed by atoms with Crippen LogP contribution in [0.4, 0.5) is 4.39 Å². The molecule has 1 amide bonds. The van der Waals surface area contributed by atoms with E-state index in [1.54, 1.807) is 47.4 Å². The van der Waals surface area contributed by atoms with Gasteiger partial charge in [0.1, 0.15) is 11.5 Å². The molecule has 0 spiro atoms. The number of benzene rings is 2. The molecule has 1 aliphatic rings. The number of carbonyl (C=O) groups is 1. The Labute approximate surface area is 184 Å². The molecular formula is C22H20Cl2FN3O2. The zero-order valence-electron chi connectivity index (χ0n) is 16.5. The highest BCUT2D eigenvalue weighted by atomic mass is 35.5. The molecule has 0 N–H and O–H groups in total. The number of nitrogens with zero attached hydrogens (tertiary/aromatic N) is 3. The minimum atomic E-state index is -0.413. The smallest absolute Gasteiger partial charge is 0.272 e. The molecular weight excluding hydrogens is 428 g/mol. The Morgan fingerprint density at radius 3 is 2.43 bits per heavy atom. The molecule has 2 atom stereocenters. The van der Waals surface area contributed by atoms with E-state index >= 15 is 0 Å². The van der Waals surface area contributed by atoms with Crippen molar-refractivity contribution in [3.8, 4) is 16.9 Å². The zero-order chi connectivity index (χ0) is 21.4. The first-order chi connectivity index (χ1) is 14.3. The molecule has 156 valence electrons. The highest BCUT2D eigenvalue weighted by molar-refractivity contribution is 6.42. The summed E-state index contributed by atoms with van der Waals surface area (Å²) < 4.78 is 21.6. The standard InChI is InChI=1S/C22H20Cl2FN3O2/c1-13-11-27(12-14(2)30-13)22(29)21-10-20(16-5-3-4-6-19(16)25)26-28(21)15-7-8-17(23)18(24)9-15/h3-10,13-14H,11-12H2,1-2H3. The predicted octanol–water partition coefficient (Wildman–Crippen LogP) is 5.23. The molecule has 5 nitrogen and oxygen atoms in total. The van der Waals surface area contributed by atoms with Crippen LogP contribution >= 0.6 is 23.2 Å². The van der Waals surface area contributed by atoms with Gasteiger partial charge < -0.3 is 9.64 Å². The second-order valence-electron chi connectivity index (χ2n) is 7.37. The van der Waals surface area contributed by atoms with Crippen molar-refractivity contribution in [2.24, 2.45) is 0 Å². The maximum absolute atomic E-state index is 14.4. The lowest BCUT2D eigenvalue weighted by Gasteiger charge is -2.35. The molecule has 0 bridgehead atoms. The van der Waals surface area contributed by atoms with E-state index in [4.69, 9.17) is 27.9 Å². The Hall–Kier alpha value is -2.41. The highest BCUT2D eigenvalue weighted by Crippen LogP contribution is 2.29. The number of hydrogen-bond acceptors (Lipinski definition) is 3. The van der Waals surface area contributed by atoms with Gasteiger partial charge in [-0.25, -0.2) is 9.07 Å². The van der Waals surface area contributed by atoms with Crippen molar-refractivity contribution >= 4 is 29.1 Å². The van der Waals surface area contributed by atoms with Gasteiger partial charge in [-0.05, 0) is 50.2 Å². The molecule has 2 heterocycles. The van der Waals surface area contributed by atoms with Crippen LogP contribution in [-0.4, -0.2) is 45.9 Å². The lowest BCUT2D eigenvalue weighted by atomic mass is 10.1. The van der Waals surface area contributed by atoms with Crippen LogP contribution in [0.5, 0.6) is 0 Å². The molecule has 1 saturated heterocycles. The Morgan fingerprint density at radius 2 is 1.77 bits per heavy atom. The van der Waals surface area contributed by atoms with Crippen LogP contribution in [0.25, 0.3) is 16.9 Å². The Bertz CT molecular complexity index is 1090. The van der Waals surface area contributed by atoms with E-state index in [2.05, 4.69) is 5.10 Å². The van der Waals surface area contributed by atoms with Crippen molar-refractivity contribution in [3.63, 3.8) is 0 Å². The number of hydrogen-bond donors (Lipinski definition) is 0. The van der Waals surface area contributed by atoms with Crippen LogP contribution in [0, 0.1) is 5.82 Å². The lowest BCUT2D eigenvalue weighted by molar-refractivity contribution is -0.0588. The van der Waals surface area contributed by atoms with Gasteiger partial charge in [0.15, 0.2) is 0 Å². The van der Waals surface area contributed by atoms with Crippen LogP contribution in [0.3, 0.4) is 0 Å². The van der Waals surface area contributed by atoms with E-state index < -0.39 is 5.82 Å². The number of ether oxygens (including phenoxy) is 1. The second kappa shape index (κ2) is 8.38. The number of halogens is 3. The van der Waals surface area contributed by atoms with Gasteiger partial charge in [0, 0.05) is 18.7 Å². The van der Waals surface area contributed by atoms with Crippen molar-refractivity contribution in [2.75, 3.05) is 13.1 Å². The second-order valence-corrected chi connectivity index (χ2v) is 8.19. The van der Waals surface area contributed by atoms with E-state index in [1.807, 2.05) is 13.8 Å². The molecule has 1 aromatic heterocycles. The van der Waals surface area contributed by atoms with Crippen LogP contribution in [-0.2, 0) is 4.74 Å². The fourth-order valence-electron chi connectivity index (χ4n) is 3.65. The molecule has 30 heavy (non-hydrogen) atoms. The Kier molecular flexibility index (Phi) is 5.82. The molecule has 2 aromatic carbocycles. The fraction of sp³-hybridized carbons (Fsp3) is 0.273. The first-order valence-electron chi connectivity index (χ1n) is 9.58. The SMILES string of the molecule is CC1CN(C(=O)c2cc(-c3ccccc3F)nn2-c2ccc(Cl)c(Cl)c2)CC(C)O1. The van der Waals surface area contributed by atoms with Crippen molar-refractivity contribution in [1.29, 1.82) is 0 Å². The third kappa shape index (κ3) is 4.08. The van der Waals surface area contributed by atoms with E-state index in [9.17, 15) is 9.18 Å². The first-order valence-corrected chi connectivity index (χ1v) is 10.3. The van der Waals surface area contributed by atoms with Crippen LogP contribution in [0.15, 0.2) is 48.5 Å². The van der Waals surface area contributed by atoms with E-state index in [0.29, 0.717) is 45.8 Å². The van der Waals surface area contributed by atoms with Gasteiger partial charge in [0.2, 0.25) is 0 Å². The van der Waals surface area contributed by atoms with E-state index in [1.165, 1.54) is 10.7 Å². The number of rotatable bonds is 3. The average molecular weight is 448 g/mol. The monoisotopic (exact) mass is 447 g/mol. The largest absolute Gasteiger partial charge is 0.372 e. The average Bonchev–Trinajstić information content (AvgIpc) is 3.14. The van der Waals surface area contributed by atoms with Gasteiger partial charge in [-0.3, -0.25) is 4.79 Å². The summed E-state index contributed by atoms with van der Waals surface area (Å²) in [5.41, 5.74) is 1.54. The molecule has 0 radical (unpaired) electrons. The lowest BCUT2D eigenvalue weighted by Crippen LogP contribution is -2.48. The maximum Gasteiger partial charge on any atom is 0.272 e. The highest BCUT2D eigenvalue weighted by Gasteiger charge is 2.30. The summed E-state index contributed by atoms with van der Waals surface area (Å²) in [5, 5.41) is 5.26. The molecule has 1 fully saturated rings. The minimum absolute atomic E-state index is 0.0786. The predicted molar refractivity (Wildman–Crippen MR) is 115 cm³/mol. The molecule has 4 rings (SSSR count). The van der Waals surface area contributed by atoms with Crippen LogP contribution < -0.4 is 0 Å². The van der Waals surface area contributed by atoms with Gasteiger partial charge in [-0.15, -0.1) is 0 Å². The van der Waals surface area contributed by atoms with E-state index in [0.717, 1.165) is 0 Å². The Morgan fingerprint density at radius 1 is 1.07 bits per heavy atom. The molecule has 0 saturated carbocycles. The van der Waals surface area contributed by atoms with Gasteiger partial charge >= 0.3 is 0 Å². The number of carbonyl (C=O) groups excluding carboxylic acids is 1. The Balaban J connectivity index is 1.82. The third-order valence-electron chi connectivity index (χ3n) is 4.93. The molecule has 0 aliphatic carbocycles. The first kappa shape index (κ1) is 20.8. The molecule has 8 heteroatoms. The minimum Gasteiger partial charge on any atom is -0.372 e.